The molecular weight excluding hydrogens is 242 g/mol. The van der Waals surface area contributed by atoms with E-state index in [1.807, 2.05) is 37.3 Å². The summed E-state index contributed by atoms with van der Waals surface area (Å²) in [6, 6.07) is 13.2. The second-order valence-corrected chi connectivity index (χ2v) is 4.46. The van der Waals surface area contributed by atoms with Crippen molar-refractivity contribution in [3.63, 3.8) is 0 Å². The first kappa shape index (κ1) is 13.4. The van der Waals surface area contributed by atoms with Crippen molar-refractivity contribution in [3.8, 4) is 0 Å². The van der Waals surface area contributed by atoms with E-state index in [2.05, 4.69) is 5.32 Å². The van der Waals surface area contributed by atoms with Crippen molar-refractivity contribution in [2.75, 3.05) is 0 Å². The van der Waals surface area contributed by atoms with E-state index < -0.39 is 5.97 Å². The second kappa shape index (κ2) is 6.20. The fourth-order valence-electron chi connectivity index (χ4n) is 2.05. The Balaban J connectivity index is 2.10. The Bertz CT molecular complexity index is 507. The number of furan rings is 1. The Kier molecular flexibility index (Phi) is 4.36. The van der Waals surface area contributed by atoms with Crippen molar-refractivity contribution in [1.82, 2.24) is 5.32 Å². The van der Waals surface area contributed by atoms with Gasteiger partial charge in [0.15, 0.2) is 0 Å². The van der Waals surface area contributed by atoms with Crippen molar-refractivity contribution in [2.24, 2.45) is 0 Å². The van der Waals surface area contributed by atoms with E-state index >= 15 is 0 Å². The number of nitrogens with one attached hydrogen (secondary N) is 1. The molecule has 19 heavy (non-hydrogen) atoms. The summed E-state index contributed by atoms with van der Waals surface area (Å²) in [7, 11) is 0. The molecule has 100 valence electrons. The quantitative estimate of drug-likeness (QED) is 0.836. The van der Waals surface area contributed by atoms with E-state index in [1.54, 1.807) is 18.4 Å². The Labute approximate surface area is 112 Å². The highest BCUT2D eigenvalue weighted by molar-refractivity contribution is 5.67. The molecule has 2 unspecified atom stereocenters. The van der Waals surface area contributed by atoms with Crippen molar-refractivity contribution >= 4 is 5.97 Å². The molecule has 1 aromatic heterocycles. The van der Waals surface area contributed by atoms with Crippen LogP contribution in [0.15, 0.2) is 53.1 Å². The molecule has 1 aromatic carbocycles. The minimum atomic E-state index is -0.853. The average molecular weight is 259 g/mol. The second-order valence-electron chi connectivity index (χ2n) is 4.46. The lowest BCUT2D eigenvalue weighted by atomic mass is 10.1. The van der Waals surface area contributed by atoms with Crippen LogP contribution in [-0.4, -0.2) is 11.1 Å². The van der Waals surface area contributed by atoms with Gasteiger partial charge in [0.05, 0.1) is 18.7 Å². The van der Waals surface area contributed by atoms with Gasteiger partial charge in [-0.25, -0.2) is 0 Å². The molecule has 0 saturated heterocycles. The van der Waals surface area contributed by atoms with Crippen LogP contribution in [-0.2, 0) is 4.79 Å². The lowest BCUT2D eigenvalue weighted by Gasteiger charge is -2.21. The van der Waals surface area contributed by atoms with E-state index in [1.165, 1.54) is 0 Å². The highest BCUT2D eigenvalue weighted by atomic mass is 16.4. The first-order valence-corrected chi connectivity index (χ1v) is 6.23. The van der Waals surface area contributed by atoms with Gasteiger partial charge < -0.3 is 14.8 Å². The molecule has 0 amide bonds. The van der Waals surface area contributed by atoms with Gasteiger partial charge in [-0.15, -0.1) is 0 Å². The van der Waals surface area contributed by atoms with Crippen LogP contribution < -0.4 is 5.32 Å². The number of aliphatic carboxylic acids is 1. The summed E-state index contributed by atoms with van der Waals surface area (Å²) in [6.07, 6.45) is 1.55. The molecule has 0 saturated carbocycles. The highest BCUT2D eigenvalue weighted by Crippen LogP contribution is 2.22. The first-order chi connectivity index (χ1) is 9.16. The van der Waals surface area contributed by atoms with Crippen LogP contribution in [0.3, 0.4) is 0 Å². The topological polar surface area (TPSA) is 62.5 Å². The molecule has 0 aliphatic rings. The molecule has 2 atom stereocenters. The van der Waals surface area contributed by atoms with Gasteiger partial charge in [-0.2, -0.15) is 0 Å². The Morgan fingerprint density at radius 1 is 1.26 bits per heavy atom. The van der Waals surface area contributed by atoms with Crippen LogP contribution in [0.4, 0.5) is 0 Å². The molecule has 0 bridgehead atoms. The van der Waals surface area contributed by atoms with Gasteiger partial charge in [0, 0.05) is 6.04 Å². The minimum Gasteiger partial charge on any atom is -0.481 e. The van der Waals surface area contributed by atoms with Gasteiger partial charge in [0.2, 0.25) is 0 Å². The molecule has 0 fully saturated rings. The molecule has 2 N–H and O–H groups in total. The van der Waals surface area contributed by atoms with E-state index in [9.17, 15) is 4.79 Å². The Morgan fingerprint density at radius 3 is 2.58 bits per heavy atom. The van der Waals surface area contributed by atoms with Gasteiger partial charge in [0.25, 0.3) is 0 Å². The number of hydrogen-bond acceptors (Lipinski definition) is 3. The number of hydrogen-bond donors (Lipinski definition) is 2. The van der Waals surface area contributed by atoms with Crippen LogP contribution >= 0.6 is 0 Å². The summed E-state index contributed by atoms with van der Waals surface area (Å²) in [4.78, 5) is 10.9. The van der Waals surface area contributed by atoms with Gasteiger partial charge in [-0.05, 0) is 24.6 Å². The summed E-state index contributed by atoms with van der Waals surface area (Å²) in [5.41, 5.74) is 1.12. The molecule has 1 heterocycles. The fourth-order valence-corrected chi connectivity index (χ4v) is 2.05. The Hall–Kier alpha value is -2.07. The van der Waals surface area contributed by atoms with Crippen LogP contribution in [0.1, 0.15) is 36.8 Å². The molecule has 0 aliphatic heterocycles. The van der Waals surface area contributed by atoms with Crippen LogP contribution in [0, 0.1) is 0 Å². The minimum absolute atomic E-state index is 0.00924. The summed E-state index contributed by atoms with van der Waals surface area (Å²) in [5, 5.41) is 12.3. The SMILES string of the molecule is CC(NC(CC(=O)O)c1ccco1)c1ccccc1. The van der Waals surface area contributed by atoms with Gasteiger partial charge in [-0.1, -0.05) is 30.3 Å². The fraction of sp³-hybridized carbons (Fsp3) is 0.267. The van der Waals surface area contributed by atoms with Gasteiger partial charge in [0.1, 0.15) is 5.76 Å². The number of benzene rings is 1. The molecule has 4 nitrogen and oxygen atoms in total. The molecule has 0 aliphatic carbocycles. The van der Waals surface area contributed by atoms with Crippen molar-refractivity contribution < 1.29 is 14.3 Å². The normalized spacial score (nSPS) is 13.9. The zero-order valence-electron chi connectivity index (χ0n) is 10.7. The molecule has 4 heteroatoms. The Morgan fingerprint density at radius 2 is 2.00 bits per heavy atom. The van der Waals surface area contributed by atoms with Crippen LogP contribution in [0.2, 0.25) is 0 Å². The molecule has 0 spiro atoms. The maximum atomic E-state index is 10.9. The first-order valence-electron chi connectivity index (χ1n) is 6.23. The van der Waals surface area contributed by atoms with Crippen molar-refractivity contribution in [1.29, 1.82) is 0 Å². The van der Waals surface area contributed by atoms with Crippen molar-refractivity contribution in [3.05, 3.63) is 60.1 Å². The molecule has 2 aromatic rings. The molecular formula is C15H17NO3. The van der Waals surface area contributed by atoms with E-state index in [0.717, 1.165) is 5.56 Å². The van der Waals surface area contributed by atoms with E-state index in [4.69, 9.17) is 9.52 Å². The zero-order valence-corrected chi connectivity index (χ0v) is 10.7. The molecule has 2 rings (SSSR count). The number of rotatable bonds is 6. The summed E-state index contributed by atoms with van der Waals surface area (Å²) in [5.74, 6) is -0.209. The highest BCUT2D eigenvalue weighted by Gasteiger charge is 2.20. The van der Waals surface area contributed by atoms with Gasteiger partial charge in [-0.3, -0.25) is 4.79 Å². The van der Waals surface area contributed by atoms with E-state index in [0.29, 0.717) is 5.76 Å². The number of carbonyl (C=O) groups is 1. The zero-order chi connectivity index (χ0) is 13.7. The predicted molar refractivity (Wildman–Crippen MR) is 71.7 cm³/mol. The lowest BCUT2D eigenvalue weighted by molar-refractivity contribution is -0.137. The largest absolute Gasteiger partial charge is 0.481 e. The van der Waals surface area contributed by atoms with Crippen LogP contribution in [0.25, 0.3) is 0 Å². The van der Waals surface area contributed by atoms with E-state index in [-0.39, 0.29) is 18.5 Å². The van der Waals surface area contributed by atoms with Crippen LogP contribution in [0.5, 0.6) is 0 Å². The standard InChI is InChI=1S/C15H17NO3/c1-11(12-6-3-2-4-7-12)16-13(10-15(17)18)14-8-5-9-19-14/h2-9,11,13,16H,10H2,1H3,(H,17,18). The third-order valence-corrected chi connectivity index (χ3v) is 3.02. The summed E-state index contributed by atoms with van der Waals surface area (Å²) < 4.78 is 5.31. The third-order valence-electron chi connectivity index (χ3n) is 3.02. The summed E-state index contributed by atoms with van der Waals surface area (Å²) in [6.45, 7) is 2.01. The third kappa shape index (κ3) is 3.69. The monoisotopic (exact) mass is 259 g/mol. The molecule has 0 radical (unpaired) electrons. The maximum Gasteiger partial charge on any atom is 0.305 e. The summed E-state index contributed by atoms with van der Waals surface area (Å²) >= 11 is 0. The maximum absolute atomic E-state index is 10.9. The number of carboxylic acid groups (broad SMARTS) is 1. The predicted octanol–water partition coefficient (Wildman–Crippen LogP) is 3.15. The van der Waals surface area contributed by atoms with Gasteiger partial charge >= 0.3 is 5.97 Å². The smallest absolute Gasteiger partial charge is 0.305 e. The number of carboxylic acids is 1. The van der Waals surface area contributed by atoms with Crippen molar-refractivity contribution in [2.45, 2.75) is 25.4 Å². The lowest BCUT2D eigenvalue weighted by Crippen LogP contribution is -2.26. The average Bonchev–Trinajstić information content (AvgIpc) is 2.92.